The molecule has 0 aromatic heterocycles. The fraction of sp³-hybridized carbons (Fsp3) is 0.429. The highest BCUT2D eigenvalue weighted by atomic mass is 19.1. The van der Waals surface area contributed by atoms with Crippen molar-refractivity contribution >= 4 is 36.0 Å². The molecule has 1 aromatic rings. The number of methoxy groups -OCH3 is 1. The number of urea groups is 1. The molecule has 188 valence electrons. The van der Waals surface area contributed by atoms with Crippen LogP contribution >= 0.6 is 0 Å². The molecule has 0 spiro atoms. The van der Waals surface area contributed by atoms with Crippen molar-refractivity contribution < 1.29 is 43.0 Å². The summed E-state index contributed by atoms with van der Waals surface area (Å²) in [7, 11) is 1.26. The number of carbonyl (C=O) groups is 6. The molecule has 35 heavy (non-hydrogen) atoms. The molecule has 2 aliphatic heterocycles. The highest BCUT2D eigenvalue weighted by Gasteiger charge is 2.44. The van der Waals surface area contributed by atoms with E-state index in [0.29, 0.717) is 6.42 Å². The first-order valence-corrected chi connectivity index (χ1v) is 10.7. The Labute approximate surface area is 198 Å². The van der Waals surface area contributed by atoms with Gasteiger partial charge in [0.2, 0.25) is 11.8 Å². The van der Waals surface area contributed by atoms with Crippen LogP contribution in [-0.2, 0) is 19.2 Å². The first-order chi connectivity index (χ1) is 16.7. The number of nitrogens with one attached hydrogen (secondary N) is 2. The predicted molar refractivity (Wildman–Crippen MR) is 114 cm³/mol. The number of benzene rings is 1. The molecule has 0 radical (unpaired) electrons. The Bertz CT molecular complexity index is 1050. The maximum atomic E-state index is 14.0. The Kier molecular flexibility index (Phi) is 7.83. The largest absolute Gasteiger partial charge is 0.494 e. The van der Waals surface area contributed by atoms with Gasteiger partial charge < -0.3 is 20.0 Å². The highest BCUT2D eigenvalue weighted by Crippen LogP contribution is 2.24. The number of aliphatic carboxylic acids is 1. The van der Waals surface area contributed by atoms with Crippen LogP contribution in [0.2, 0.25) is 0 Å². The maximum absolute atomic E-state index is 14.0. The lowest BCUT2D eigenvalue weighted by molar-refractivity contribution is -0.155. The molecule has 2 heterocycles. The van der Waals surface area contributed by atoms with E-state index in [2.05, 4.69) is 10.7 Å². The number of fused-ring (bicyclic) bond motifs is 1. The smallest absolute Gasteiger partial charge is 0.358 e. The van der Waals surface area contributed by atoms with Crippen molar-refractivity contribution in [2.24, 2.45) is 0 Å². The highest BCUT2D eigenvalue weighted by molar-refractivity contribution is 5.97. The minimum absolute atomic E-state index is 0.0765. The minimum atomic E-state index is -1.33. The lowest BCUT2D eigenvalue weighted by Crippen LogP contribution is -2.64. The number of halogens is 1. The van der Waals surface area contributed by atoms with Crippen LogP contribution in [-0.4, -0.2) is 88.4 Å². The van der Waals surface area contributed by atoms with Crippen LogP contribution in [0.1, 0.15) is 36.0 Å². The van der Waals surface area contributed by atoms with Crippen molar-refractivity contribution in [2.45, 2.75) is 37.8 Å². The van der Waals surface area contributed by atoms with Crippen molar-refractivity contribution in [2.75, 3.05) is 20.2 Å². The van der Waals surface area contributed by atoms with E-state index in [1.54, 1.807) is 0 Å². The van der Waals surface area contributed by atoms with Gasteiger partial charge in [0.1, 0.15) is 12.3 Å². The molecule has 2 saturated heterocycles. The Morgan fingerprint density at radius 2 is 2.03 bits per heavy atom. The average Bonchev–Trinajstić information content (AvgIpc) is 2.95. The molecule has 2 fully saturated rings. The van der Waals surface area contributed by atoms with Gasteiger partial charge in [-0.25, -0.2) is 24.2 Å². The van der Waals surface area contributed by atoms with Gasteiger partial charge in [0, 0.05) is 18.5 Å². The Morgan fingerprint density at radius 3 is 2.66 bits per heavy atom. The number of rotatable bonds is 8. The molecular weight excluding hydrogens is 469 g/mol. The lowest BCUT2D eigenvalue weighted by Gasteiger charge is -2.42. The zero-order valence-corrected chi connectivity index (χ0v) is 18.7. The first kappa shape index (κ1) is 25.4. The molecule has 0 saturated carbocycles. The third kappa shape index (κ3) is 5.65. The summed E-state index contributed by atoms with van der Waals surface area (Å²) >= 11 is 0. The fourth-order valence-corrected chi connectivity index (χ4v) is 3.81. The third-order valence-electron chi connectivity index (χ3n) is 5.51. The van der Waals surface area contributed by atoms with E-state index < -0.39 is 54.0 Å². The molecular formula is C21H24FN5O8. The van der Waals surface area contributed by atoms with Gasteiger partial charge in [-0.2, -0.15) is 0 Å². The normalized spacial score (nSPS) is 18.8. The summed E-state index contributed by atoms with van der Waals surface area (Å²) in [6, 6.07) is 0.00873. The predicted octanol–water partition coefficient (Wildman–Crippen LogP) is -0.329. The summed E-state index contributed by atoms with van der Waals surface area (Å²) in [6.45, 7) is -0.0641. The van der Waals surface area contributed by atoms with E-state index in [4.69, 9.17) is 9.84 Å². The molecule has 2 atom stereocenters. The monoisotopic (exact) mass is 493 g/mol. The molecule has 0 aliphatic carbocycles. The number of hydrogen-bond acceptors (Lipinski definition) is 7. The summed E-state index contributed by atoms with van der Waals surface area (Å²) < 4.78 is 18.8. The van der Waals surface area contributed by atoms with Crippen molar-refractivity contribution in [3.63, 3.8) is 0 Å². The topological polar surface area (TPSA) is 166 Å². The maximum Gasteiger partial charge on any atom is 0.358 e. The first-order valence-electron chi connectivity index (χ1n) is 10.7. The van der Waals surface area contributed by atoms with Crippen LogP contribution in [0.5, 0.6) is 5.75 Å². The van der Waals surface area contributed by atoms with Crippen molar-refractivity contribution in [1.29, 1.82) is 0 Å². The second-order valence-electron chi connectivity index (χ2n) is 7.84. The number of carboxylic acids is 1. The van der Waals surface area contributed by atoms with E-state index in [-0.39, 0.29) is 43.5 Å². The van der Waals surface area contributed by atoms with Crippen molar-refractivity contribution in [1.82, 2.24) is 25.8 Å². The molecule has 1 aromatic carbocycles. The van der Waals surface area contributed by atoms with Gasteiger partial charge in [0.25, 0.3) is 5.91 Å². The third-order valence-corrected chi connectivity index (χ3v) is 5.51. The summed E-state index contributed by atoms with van der Waals surface area (Å²) in [5.41, 5.74) is 2.22. The second-order valence-corrected chi connectivity index (χ2v) is 7.84. The number of ether oxygens (including phenoxy) is 1. The molecule has 5 amide bonds. The van der Waals surface area contributed by atoms with Crippen LogP contribution in [0.25, 0.3) is 0 Å². The van der Waals surface area contributed by atoms with Crippen molar-refractivity contribution in [3.05, 3.63) is 29.6 Å². The van der Waals surface area contributed by atoms with E-state index in [1.165, 1.54) is 19.2 Å². The van der Waals surface area contributed by atoms with Crippen LogP contribution < -0.4 is 15.5 Å². The Hall–Kier alpha value is -4.23. The molecule has 13 nitrogen and oxygen atoms in total. The molecule has 2 aliphatic rings. The number of hydrogen-bond donors (Lipinski definition) is 3. The van der Waals surface area contributed by atoms with Gasteiger partial charge in [0.15, 0.2) is 11.6 Å². The molecule has 0 bridgehead atoms. The number of hydrazine groups is 2. The van der Waals surface area contributed by atoms with Gasteiger partial charge in [-0.15, -0.1) is 0 Å². The van der Waals surface area contributed by atoms with Crippen molar-refractivity contribution in [3.8, 4) is 5.75 Å². The Balaban J connectivity index is 1.81. The van der Waals surface area contributed by atoms with Crippen LogP contribution in [0.4, 0.5) is 9.18 Å². The Morgan fingerprint density at radius 1 is 1.29 bits per heavy atom. The van der Waals surface area contributed by atoms with E-state index >= 15 is 0 Å². The lowest BCUT2D eigenvalue weighted by atomic mass is 10.1. The number of carbonyl (C=O) groups excluding carboxylic acids is 5. The zero-order chi connectivity index (χ0) is 25.7. The summed E-state index contributed by atoms with van der Waals surface area (Å²) in [5.74, 6) is -4.30. The minimum Gasteiger partial charge on any atom is -0.494 e. The number of aldehydes is 1. The van der Waals surface area contributed by atoms with E-state index in [0.717, 1.165) is 21.1 Å². The van der Waals surface area contributed by atoms with Crippen LogP contribution in [0.15, 0.2) is 18.2 Å². The molecule has 14 heteroatoms. The fourth-order valence-electron chi connectivity index (χ4n) is 3.81. The summed E-state index contributed by atoms with van der Waals surface area (Å²) in [4.78, 5) is 73.6. The second kappa shape index (κ2) is 10.8. The summed E-state index contributed by atoms with van der Waals surface area (Å²) in [6.07, 6.45) is -0.0489. The van der Waals surface area contributed by atoms with Gasteiger partial charge in [-0.1, -0.05) is 0 Å². The van der Waals surface area contributed by atoms with Gasteiger partial charge in [0.05, 0.1) is 26.1 Å². The zero-order valence-electron chi connectivity index (χ0n) is 18.7. The average molecular weight is 493 g/mol. The standard InChI is InChI=1S/C21H24FN5O8/c1-35-16-5-4-12(9-14(16)22)19(32)24-25-8-6-17(29)26-7-2-3-15(27(26)21(25)34)20(33)23-13(11-28)10-18(30)31/h4-5,9,11,13,15H,2-3,6-8,10H2,1H3,(H,23,33)(H,24,32)(H,30,31). The summed E-state index contributed by atoms with van der Waals surface area (Å²) in [5, 5.41) is 14.0. The van der Waals surface area contributed by atoms with Crippen LogP contribution in [0, 0.1) is 5.82 Å². The van der Waals surface area contributed by atoms with Gasteiger partial charge in [-0.05, 0) is 31.0 Å². The molecule has 3 N–H and O–H groups in total. The number of carboxylic acid groups (broad SMARTS) is 1. The quantitative estimate of drug-likeness (QED) is 0.414. The number of amides is 5. The molecule has 3 rings (SSSR count). The van der Waals surface area contributed by atoms with E-state index in [9.17, 15) is 33.2 Å². The SMILES string of the molecule is COc1ccc(C(=O)NN2CCC(=O)N3CCCC(C(=O)NC(C=O)CC(=O)O)N3C2=O)cc1F. The van der Waals surface area contributed by atoms with Gasteiger partial charge >= 0.3 is 12.0 Å². The van der Waals surface area contributed by atoms with Crippen LogP contribution in [0.3, 0.4) is 0 Å². The molecule has 2 unspecified atom stereocenters. The number of nitrogens with zero attached hydrogens (tertiary/aromatic N) is 3. The van der Waals surface area contributed by atoms with E-state index in [1.807, 2.05) is 0 Å². The van der Waals surface area contributed by atoms with Gasteiger partial charge in [-0.3, -0.25) is 24.6 Å².